The third-order valence-corrected chi connectivity index (χ3v) is 3.34. The average molecular weight is 382 g/mol. The molecule has 0 aromatic heterocycles. The monoisotopic (exact) mass is 380 g/mol. The fourth-order valence-electron chi connectivity index (χ4n) is 1.74. The molecule has 7 heteroatoms. The number of hydrogen-bond donors (Lipinski definition) is 0. The van der Waals surface area contributed by atoms with E-state index in [9.17, 15) is 22.4 Å². The number of rotatable bonds is 2. The summed E-state index contributed by atoms with van der Waals surface area (Å²) in [6.07, 6.45) is -4.80. The first-order chi connectivity index (χ1) is 9.68. The van der Waals surface area contributed by atoms with Gasteiger partial charge in [-0.05, 0) is 30.3 Å². The molecule has 0 spiro atoms. The Morgan fingerprint density at radius 1 is 1.05 bits per heavy atom. The maximum Gasteiger partial charge on any atom is 0.419 e. The molecule has 0 fully saturated rings. The molecule has 0 aliphatic rings. The van der Waals surface area contributed by atoms with Gasteiger partial charge in [0.2, 0.25) is 0 Å². The lowest BCUT2D eigenvalue weighted by atomic mass is 10.0. The van der Waals surface area contributed by atoms with E-state index >= 15 is 0 Å². The molecule has 2 aromatic rings. The van der Waals surface area contributed by atoms with Crippen LogP contribution in [0.15, 0.2) is 40.9 Å². The van der Waals surface area contributed by atoms with Gasteiger partial charge in [0.1, 0.15) is 5.82 Å². The Morgan fingerprint density at radius 2 is 1.71 bits per heavy atom. The zero-order chi connectivity index (χ0) is 15.8. The Bertz CT molecular complexity index is 692. The topological polar surface area (TPSA) is 17.1 Å². The molecule has 0 aliphatic heterocycles. The molecule has 1 nitrogen and oxygen atoms in total. The first kappa shape index (κ1) is 16.0. The van der Waals surface area contributed by atoms with Crippen LogP contribution in [-0.4, -0.2) is 5.78 Å². The Morgan fingerprint density at radius 3 is 2.24 bits per heavy atom. The van der Waals surface area contributed by atoms with Gasteiger partial charge < -0.3 is 0 Å². The lowest BCUT2D eigenvalue weighted by molar-refractivity contribution is -0.140. The summed E-state index contributed by atoms with van der Waals surface area (Å²) < 4.78 is 51.4. The zero-order valence-corrected chi connectivity index (χ0v) is 12.5. The maximum atomic E-state index is 13.5. The van der Waals surface area contributed by atoms with Gasteiger partial charge in [-0.15, -0.1) is 0 Å². The predicted molar refractivity (Wildman–Crippen MR) is 74.0 cm³/mol. The summed E-state index contributed by atoms with van der Waals surface area (Å²) in [5.41, 5.74) is -1.45. The molecule has 0 saturated heterocycles. The summed E-state index contributed by atoms with van der Waals surface area (Å²) >= 11 is 8.94. The van der Waals surface area contributed by atoms with Gasteiger partial charge in [0.05, 0.1) is 5.56 Å². The summed E-state index contributed by atoms with van der Waals surface area (Å²) in [6.45, 7) is 0. The number of carbonyl (C=O) groups excluding carboxylic acids is 1. The van der Waals surface area contributed by atoms with E-state index in [4.69, 9.17) is 11.6 Å². The molecular formula is C14H6BrClF4O. The van der Waals surface area contributed by atoms with Crippen molar-refractivity contribution in [3.05, 3.63) is 68.4 Å². The number of alkyl halides is 3. The van der Waals surface area contributed by atoms with Crippen LogP contribution in [0.5, 0.6) is 0 Å². The van der Waals surface area contributed by atoms with Gasteiger partial charge in [0.15, 0.2) is 5.78 Å². The standard InChI is InChI=1S/C14H6BrClF4O/c15-9-3-8(4-10(16)6-9)13(21)7-1-2-11(12(17)5-7)14(18,19)20/h1-6H. The van der Waals surface area contributed by atoms with Gasteiger partial charge in [-0.1, -0.05) is 33.6 Å². The van der Waals surface area contributed by atoms with Gasteiger partial charge in [0.25, 0.3) is 0 Å². The second kappa shape index (κ2) is 5.77. The van der Waals surface area contributed by atoms with E-state index in [1.807, 2.05) is 0 Å². The quantitative estimate of drug-likeness (QED) is 0.496. The smallest absolute Gasteiger partial charge is 0.289 e. The molecule has 0 N–H and O–H groups in total. The van der Waals surface area contributed by atoms with E-state index in [1.165, 1.54) is 12.1 Å². The van der Waals surface area contributed by atoms with Crippen molar-refractivity contribution in [1.82, 2.24) is 0 Å². The highest BCUT2D eigenvalue weighted by atomic mass is 79.9. The van der Waals surface area contributed by atoms with Gasteiger partial charge >= 0.3 is 6.18 Å². The molecule has 0 radical (unpaired) electrons. The Labute approximate surface area is 130 Å². The SMILES string of the molecule is O=C(c1cc(Cl)cc(Br)c1)c1ccc(C(F)(F)F)c(F)c1. The van der Waals surface area contributed by atoms with Crippen LogP contribution in [0.1, 0.15) is 21.5 Å². The van der Waals surface area contributed by atoms with Crippen LogP contribution < -0.4 is 0 Å². The third-order valence-electron chi connectivity index (χ3n) is 2.66. The summed E-state index contributed by atoms with van der Waals surface area (Å²) in [5.74, 6) is -2.11. The Balaban J connectivity index is 2.43. The van der Waals surface area contributed by atoms with E-state index in [2.05, 4.69) is 15.9 Å². The first-order valence-corrected chi connectivity index (χ1v) is 6.73. The maximum absolute atomic E-state index is 13.5. The molecule has 0 amide bonds. The first-order valence-electron chi connectivity index (χ1n) is 5.56. The summed E-state index contributed by atoms with van der Waals surface area (Å²) in [6, 6.07) is 6.39. The number of carbonyl (C=O) groups is 1. The van der Waals surface area contributed by atoms with Crippen molar-refractivity contribution in [3.8, 4) is 0 Å². The number of ketones is 1. The molecule has 21 heavy (non-hydrogen) atoms. The van der Waals surface area contributed by atoms with Crippen molar-refractivity contribution in [2.45, 2.75) is 6.18 Å². The van der Waals surface area contributed by atoms with Crippen LogP contribution in [0.25, 0.3) is 0 Å². The van der Waals surface area contributed by atoms with E-state index in [0.717, 1.165) is 6.07 Å². The van der Waals surface area contributed by atoms with Gasteiger partial charge in [-0.3, -0.25) is 4.79 Å². The molecule has 2 rings (SSSR count). The molecule has 0 saturated carbocycles. The molecule has 0 heterocycles. The van der Waals surface area contributed by atoms with Crippen LogP contribution in [0, 0.1) is 5.82 Å². The lowest BCUT2D eigenvalue weighted by Crippen LogP contribution is -2.10. The van der Waals surface area contributed by atoms with Crippen LogP contribution >= 0.6 is 27.5 Å². The highest BCUT2D eigenvalue weighted by Crippen LogP contribution is 2.32. The minimum atomic E-state index is -4.80. The molecule has 0 unspecified atom stereocenters. The van der Waals surface area contributed by atoms with E-state index in [1.54, 1.807) is 6.07 Å². The molecule has 0 aliphatic carbocycles. The van der Waals surface area contributed by atoms with Crippen molar-refractivity contribution < 1.29 is 22.4 Å². The minimum Gasteiger partial charge on any atom is -0.289 e. The highest BCUT2D eigenvalue weighted by Gasteiger charge is 2.34. The van der Waals surface area contributed by atoms with Crippen molar-refractivity contribution in [2.75, 3.05) is 0 Å². The zero-order valence-electron chi connectivity index (χ0n) is 10.1. The Kier molecular flexibility index (Phi) is 4.39. The number of hydrogen-bond acceptors (Lipinski definition) is 1. The van der Waals surface area contributed by atoms with E-state index < -0.39 is 23.3 Å². The van der Waals surface area contributed by atoms with Crippen molar-refractivity contribution in [3.63, 3.8) is 0 Å². The van der Waals surface area contributed by atoms with Crippen molar-refractivity contribution in [1.29, 1.82) is 0 Å². The van der Waals surface area contributed by atoms with E-state index in [0.29, 0.717) is 16.6 Å². The van der Waals surface area contributed by atoms with Gasteiger partial charge in [-0.25, -0.2) is 4.39 Å². The lowest BCUT2D eigenvalue weighted by Gasteiger charge is -2.09. The van der Waals surface area contributed by atoms with Gasteiger partial charge in [-0.2, -0.15) is 13.2 Å². The minimum absolute atomic E-state index is 0.147. The normalized spacial score (nSPS) is 11.5. The largest absolute Gasteiger partial charge is 0.419 e. The second-order valence-corrected chi connectivity index (χ2v) is 5.53. The fourth-order valence-corrected chi connectivity index (χ4v) is 2.60. The fraction of sp³-hybridized carbons (Fsp3) is 0.0714. The highest BCUT2D eigenvalue weighted by molar-refractivity contribution is 9.10. The predicted octanol–water partition coefficient (Wildman–Crippen LogP) is 5.49. The van der Waals surface area contributed by atoms with Crippen molar-refractivity contribution in [2.24, 2.45) is 0 Å². The molecule has 0 atom stereocenters. The van der Waals surface area contributed by atoms with Crippen LogP contribution in [0.4, 0.5) is 17.6 Å². The third kappa shape index (κ3) is 3.63. The summed E-state index contributed by atoms with van der Waals surface area (Å²) in [7, 11) is 0. The molecule has 0 bridgehead atoms. The summed E-state index contributed by atoms with van der Waals surface area (Å²) in [4.78, 5) is 12.1. The van der Waals surface area contributed by atoms with Crippen LogP contribution in [-0.2, 0) is 6.18 Å². The van der Waals surface area contributed by atoms with E-state index in [-0.39, 0.29) is 16.1 Å². The summed E-state index contributed by atoms with van der Waals surface area (Å²) in [5, 5.41) is 0.278. The van der Waals surface area contributed by atoms with Crippen LogP contribution in [0.2, 0.25) is 5.02 Å². The Hall–Kier alpha value is -1.40. The number of benzene rings is 2. The molecule has 2 aromatic carbocycles. The average Bonchev–Trinajstić information content (AvgIpc) is 2.35. The number of halogens is 6. The second-order valence-electron chi connectivity index (χ2n) is 4.18. The molecule has 110 valence electrons. The molecular weight excluding hydrogens is 376 g/mol. The van der Waals surface area contributed by atoms with Crippen molar-refractivity contribution >= 4 is 33.3 Å². The van der Waals surface area contributed by atoms with Crippen LogP contribution in [0.3, 0.4) is 0 Å². The van der Waals surface area contributed by atoms with Gasteiger partial charge in [0, 0.05) is 20.6 Å².